The average Bonchev–Trinajstić information content (AvgIpc) is 3.03. The highest BCUT2D eigenvalue weighted by Crippen LogP contribution is 2.32. The van der Waals surface area contributed by atoms with E-state index in [4.69, 9.17) is 0 Å². The summed E-state index contributed by atoms with van der Waals surface area (Å²) in [5, 5.41) is 6.88. The molecule has 1 saturated heterocycles. The van der Waals surface area contributed by atoms with Gasteiger partial charge in [0, 0.05) is 12.0 Å². The van der Waals surface area contributed by atoms with Crippen LogP contribution in [0.25, 0.3) is 0 Å². The number of hydrogen-bond acceptors (Lipinski definition) is 3. The summed E-state index contributed by atoms with van der Waals surface area (Å²) in [6.45, 7) is 6.41. The van der Waals surface area contributed by atoms with Crippen molar-refractivity contribution in [3.63, 3.8) is 0 Å². The Balaban J connectivity index is 1.94. The smallest absolute Gasteiger partial charge is 0.242 e. The minimum absolute atomic E-state index is 0.0105. The molecule has 20 heavy (non-hydrogen) atoms. The topological polar surface area (TPSA) is 49.4 Å². The Labute approximate surface area is 124 Å². The Morgan fingerprint density at radius 2 is 2.20 bits per heavy atom. The van der Waals surface area contributed by atoms with Crippen LogP contribution in [0.15, 0.2) is 16.8 Å². The molecule has 1 unspecified atom stereocenters. The summed E-state index contributed by atoms with van der Waals surface area (Å²) in [6, 6.07) is 2.26. The molecule has 0 radical (unpaired) electrons. The number of rotatable bonds is 3. The third-order valence-electron chi connectivity index (χ3n) is 3.58. The first-order valence-corrected chi connectivity index (χ1v) is 7.94. The molecule has 4 nitrogen and oxygen atoms in total. The van der Waals surface area contributed by atoms with Gasteiger partial charge >= 0.3 is 0 Å². The van der Waals surface area contributed by atoms with Gasteiger partial charge < -0.3 is 10.2 Å². The zero-order valence-electron chi connectivity index (χ0n) is 12.3. The van der Waals surface area contributed by atoms with Gasteiger partial charge in [0.2, 0.25) is 11.8 Å². The molecule has 2 rings (SSSR count). The molecule has 5 heteroatoms. The van der Waals surface area contributed by atoms with Gasteiger partial charge in [-0.25, -0.2) is 0 Å². The van der Waals surface area contributed by atoms with Gasteiger partial charge in [0.15, 0.2) is 0 Å². The second-order valence-electron chi connectivity index (χ2n) is 6.23. The van der Waals surface area contributed by atoms with Crippen LogP contribution in [0.5, 0.6) is 0 Å². The van der Waals surface area contributed by atoms with Crippen molar-refractivity contribution in [1.82, 2.24) is 10.2 Å². The molecule has 0 aliphatic carbocycles. The van der Waals surface area contributed by atoms with Crippen LogP contribution in [-0.2, 0) is 9.59 Å². The first-order valence-electron chi connectivity index (χ1n) is 6.99. The van der Waals surface area contributed by atoms with Crippen LogP contribution in [0.4, 0.5) is 0 Å². The van der Waals surface area contributed by atoms with Crippen LogP contribution in [0.2, 0.25) is 0 Å². The lowest BCUT2D eigenvalue weighted by Crippen LogP contribution is -2.43. The lowest BCUT2D eigenvalue weighted by molar-refractivity contribution is -0.135. The molecule has 0 aromatic carbocycles. The van der Waals surface area contributed by atoms with Crippen molar-refractivity contribution in [2.45, 2.75) is 39.7 Å². The van der Waals surface area contributed by atoms with E-state index in [0.717, 1.165) is 19.4 Å². The molecule has 1 aromatic rings. The van der Waals surface area contributed by atoms with E-state index in [2.05, 4.69) is 16.8 Å². The Morgan fingerprint density at radius 1 is 1.45 bits per heavy atom. The van der Waals surface area contributed by atoms with Crippen LogP contribution in [-0.4, -0.2) is 29.8 Å². The van der Waals surface area contributed by atoms with Gasteiger partial charge in [-0.15, -0.1) is 0 Å². The molecule has 0 bridgehead atoms. The molecule has 0 spiro atoms. The van der Waals surface area contributed by atoms with Crippen molar-refractivity contribution < 1.29 is 9.59 Å². The van der Waals surface area contributed by atoms with Crippen LogP contribution in [0.1, 0.15) is 45.2 Å². The molecule has 1 N–H and O–H groups in total. The number of carbonyl (C=O) groups is 2. The number of amides is 2. The summed E-state index contributed by atoms with van der Waals surface area (Å²) in [5.41, 5.74) is 0.751. The number of carbonyl (C=O) groups excluding carboxylic acids is 2. The monoisotopic (exact) mass is 294 g/mol. The molecule has 1 aliphatic rings. The van der Waals surface area contributed by atoms with Crippen LogP contribution in [0.3, 0.4) is 0 Å². The summed E-state index contributed by atoms with van der Waals surface area (Å²) in [4.78, 5) is 26.0. The number of hydrogen-bond donors (Lipinski definition) is 1. The first kappa shape index (κ1) is 15.0. The molecule has 1 fully saturated rings. The number of likely N-dealkylation sites (tertiary alicyclic amines) is 1. The first-order chi connectivity index (χ1) is 9.39. The van der Waals surface area contributed by atoms with E-state index in [1.54, 1.807) is 11.3 Å². The molecule has 1 aromatic heterocycles. The molecule has 110 valence electrons. The van der Waals surface area contributed by atoms with E-state index < -0.39 is 5.41 Å². The number of nitrogens with zero attached hydrogens (tertiary/aromatic N) is 1. The molecule has 0 saturated carbocycles. The summed E-state index contributed by atoms with van der Waals surface area (Å²) >= 11 is 1.65. The second-order valence-corrected chi connectivity index (χ2v) is 7.01. The van der Waals surface area contributed by atoms with Gasteiger partial charge in [0.05, 0.1) is 12.6 Å². The van der Waals surface area contributed by atoms with Gasteiger partial charge in [-0.1, -0.05) is 20.8 Å². The van der Waals surface area contributed by atoms with E-state index in [0.29, 0.717) is 0 Å². The highest BCUT2D eigenvalue weighted by atomic mass is 32.1. The number of thiophene rings is 1. The maximum Gasteiger partial charge on any atom is 0.242 e. The Morgan fingerprint density at radius 3 is 2.80 bits per heavy atom. The van der Waals surface area contributed by atoms with E-state index in [1.807, 2.05) is 31.1 Å². The van der Waals surface area contributed by atoms with Crippen LogP contribution in [0, 0.1) is 5.41 Å². The van der Waals surface area contributed by atoms with Crippen LogP contribution < -0.4 is 5.32 Å². The zero-order valence-corrected chi connectivity index (χ0v) is 13.1. The fourth-order valence-electron chi connectivity index (χ4n) is 2.40. The van der Waals surface area contributed by atoms with Gasteiger partial charge in [-0.2, -0.15) is 11.3 Å². The lowest BCUT2D eigenvalue weighted by atomic mass is 9.96. The Hall–Kier alpha value is -1.36. The highest BCUT2D eigenvalue weighted by molar-refractivity contribution is 7.07. The molecule has 1 atom stereocenters. The molecular formula is C15H22N2O2S. The van der Waals surface area contributed by atoms with Crippen molar-refractivity contribution in [3.8, 4) is 0 Å². The highest BCUT2D eigenvalue weighted by Gasteiger charge is 2.30. The summed E-state index contributed by atoms with van der Waals surface area (Å²) in [7, 11) is 0. The third-order valence-corrected chi connectivity index (χ3v) is 4.28. The maximum absolute atomic E-state index is 12.3. The minimum atomic E-state index is -0.460. The second kappa shape index (κ2) is 5.95. The largest absolute Gasteiger partial charge is 0.347 e. The van der Waals surface area contributed by atoms with Crippen LogP contribution >= 0.6 is 11.3 Å². The zero-order chi connectivity index (χ0) is 14.8. The summed E-state index contributed by atoms with van der Waals surface area (Å²) in [5.74, 6) is -0.0755. The van der Waals surface area contributed by atoms with E-state index >= 15 is 0 Å². The van der Waals surface area contributed by atoms with Crippen molar-refractivity contribution >= 4 is 23.2 Å². The van der Waals surface area contributed by atoms with Gasteiger partial charge in [-0.05, 0) is 35.2 Å². The van der Waals surface area contributed by atoms with Crippen molar-refractivity contribution in [2.75, 3.05) is 13.1 Å². The van der Waals surface area contributed by atoms with Gasteiger partial charge in [0.1, 0.15) is 0 Å². The van der Waals surface area contributed by atoms with E-state index in [-0.39, 0.29) is 24.4 Å². The normalized spacial score (nSPS) is 19.1. The molecule has 2 amide bonds. The minimum Gasteiger partial charge on any atom is -0.347 e. The fraction of sp³-hybridized carbons (Fsp3) is 0.600. The molecule has 1 aliphatic heterocycles. The lowest BCUT2D eigenvalue weighted by Gasteiger charge is -2.25. The Bertz CT molecular complexity index is 477. The van der Waals surface area contributed by atoms with Crippen molar-refractivity contribution in [2.24, 2.45) is 5.41 Å². The summed E-state index contributed by atoms with van der Waals surface area (Å²) < 4.78 is 0. The van der Waals surface area contributed by atoms with Gasteiger partial charge in [0.25, 0.3) is 0 Å². The standard InChI is InChI=1S/C15H22N2O2S/c1-15(2,3)14(19)16-9-13(18)17-7-4-5-12(17)11-6-8-20-10-11/h6,8,10,12H,4-5,7,9H2,1-3H3,(H,16,19). The SMILES string of the molecule is CC(C)(C)C(=O)NCC(=O)N1CCCC1c1ccsc1. The van der Waals surface area contributed by atoms with Gasteiger partial charge in [-0.3, -0.25) is 9.59 Å². The predicted octanol–water partition coefficient (Wildman–Crippen LogP) is 2.57. The van der Waals surface area contributed by atoms with E-state index in [9.17, 15) is 9.59 Å². The summed E-state index contributed by atoms with van der Waals surface area (Å²) in [6.07, 6.45) is 2.04. The third kappa shape index (κ3) is 3.39. The Kier molecular flexibility index (Phi) is 4.48. The van der Waals surface area contributed by atoms with Crippen molar-refractivity contribution in [3.05, 3.63) is 22.4 Å². The average molecular weight is 294 g/mol. The van der Waals surface area contributed by atoms with E-state index in [1.165, 1.54) is 5.56 Å². The quantitative estimate of drug-likeness (QED) is 0.931. The maximum atomic E-state index is 12.3. The number of nitrogens with one attached hydrogen (secondary N) is 1. The molecular weight excluding hydrogens is 272 g/mol. The molecule has 2 heterocycles. The van der Waals surface area contributed by atoms with Crippen molar-refractivity contribution in [1.29, 1.82) is 0 Å². The predicted molar refractivity (Wildman–Crippen MR) is 80.5 cm³/mol. The fourth-order valence-corrected chi connectivity index (χ4v) is 3.11.